The molecule has 1 aromatic rings. The molecule has 1 aromatic heterocycles. The lowest BCUT2D eigenvalue weighted by Gasteiger charge is -2.37. The molecule has 2 fully saturated rings. The van der Waals surface area contributed by atoms with Crippen LogP contribution in [0.2, 0.25) is 0 Å². The van der Waals surface area contributed by atoms with Crippen molar-refractivity contribution in [3.8, 4) is 0 Å². The van der Waals surface area contributed by atoms with Crippen molar-refractivity contribution in [2.45, 2.75) is 57.6 Å². The Hall–Kier alpha value is -0.870. The number of hydrogen-bond donors (Lipinski definition) is 0. The summed E-state index contributed by atoms with van der Waals surface area (Å²) >= 11 is 0. The molecule has 1 saturated carbocycles. The number of aromatic nitrogens is 1. The van der Waals surface area contributed by atoms with Crippen molar-refractivity contribution in [3.05, 3.63) is 17.5 Å². The highest BCUT2D eigenvalue weighted by atomic mass is 16.5. The van der Waals surface area contributed by atoms with Gasteiger partial charge in [-0.15, -0.1) is 0 Å². The Labute approximate surface area is 121 Å². The zero-order valence-corrected chi connectivity index (χ0v) is 12.9. The molecule has 3 rings (SSSR count). The standard InChI is InChI=1S/C16H26N2O2/c1-16(2)9-12(6-7-19-16)10-18(3)11-14-8-15(20-17-14)13-4-5-13/h8,12-13H,4-7,9-11H2,1-3H3/t12-/m1/s1. The van der Waals surface area contributed by atoms with Gasteiger partial charge < -0.3 is 14.2 Å². The maximum atomic E-state index is 5.79. The Morgan fingerprint density at radius 2 is 2.15 bits per heavy atom. The van der Waals surface area contributed by atoms with Crippen LogP contribution < -0.4 is 0 Å². The van der Waals surface area contributed by atoms with Crippen molar-refractivity contribution >= 4 is 0 Å². The smallest absolute Gasteiger partial charge is 0.140 e. The average molecular weight is 278 g/mol. The third kappa shape index (κ3) is 3.61. The van der Waals surface area contributed by atoms with Gasteiger partial charge in [-0.25, -0.2) is 0 Å². The molecular weight excluding hydrogens is 252 g/mol. The van der Waals surface area contributed by atoms with Crippen molar-refractivity contribution in [1.82, 2.24) is 10.1 Å². The second-order valence-corrected chi connectivity index (χ2v) is 7.16. The molecule has 0 N–H and O–H groups in total. The summed E-state index contributed by atoms with van der Waals surface area (Å²) in [6.07, 6.45) is 4.84. The van der Waals surface area contributed by atoms with Crippen molar-refractivity contribution in [1.29, 1.82) is 0 Å². The number of hydrogen-bond acceptors (Lipinski definition) is 4. The zero-order chi connectivity index (χ0) is 14.2. The van der Waals surface area contributed by atoms with Crippen molar-refractivity contribution < 1.29 is 9.26 Å². The second-order valence-electron chi connectivity index (χ2n) is 7.16. The molecule has 0 amide bonds. The molecule has 20 heavy (non-hydrogen) atoms. The van der Waals surface area contributed by atoms with E-state index in [0.717, 1.165) is 43.5 Å². The first kappa shape index (κ1) is 14.1. The molecular formula is C16H26N2O2. The van der Waals surface area contributed by atoms with Gasteiger partial charge in [0.2, 0.25) is 0 Å². The lowest BCUT2D eigenvalue weighted by molar-refractivity contribution is -0.0762. The molecule has 1 atom stereocenters. The SMILES string of the molecule is CN(Cc1cc(C2CC2)on1)C[C@@H]1CCOC(C)(C)C1. The zero-order valence-electron chi connectivity index (χ0n) is 12.9. The molecule has 0 radical (unpaired) electrons. The fourth-order valence-corrected chi connectivity index (χ4v) is 3.26. The summed E-state index contributed by atoms with van der Waals surface area (Å²) < 4.78 is 11.2. The number of ether oxygens (including phenoxy) is 1. The fraction of sp³-hybridized carbons (Fsp3) is 0.812. The van der Waals surface area contributed by atoms with Gasteiger partial charge in [-0.05, 0) is 52.5 Å². The Morgan fingerprint density at radius 1 is 1.35 bits per heavy atom. The third-order valence-electron chi connectivity index (χ3n) is 4.36. The van der Waals surface area contributed by atoms with Gasteiger partial charge in [-0.2, -0.15) is 0 Å². The third-order valence-corrected chi connectivity index (χ3v) is 4.36. The van der Waals surface area contributed by atoms with Gasteiger partial charge in [0, 0.05) is 31.7 Å². The van der Waals surface area contributed by atoms with Gasteiger partial charge in [0.25, 0.3) is 0 Å². The average Bonchev–Trinajstić information content (AvgIpc) is 3.09. The highest BCUT2D eigenvalue weighted by molar-refractivity contribution is 5.14. The Kier molecular flexibility index (Phi) is 3.87. The minimum Gasteiger partial charge on any atom is -0.376 e. The van der Waals surface area contributed by atoms with Gasteiger partial charge >= 0.3 is 0 Å². The first-order valence-corrected chi connectivity index (χ1v) is 7.80. The van der Waals surface area contributed by atoms with E-state index in [1.807, 2.05) is 0 Å². The van der Waals surface area contributed by atoms with Crippen LogP contribution in [0, 0.1) is 5.92 Å². The van der Waals surface area contributed by atoms with E-state index in [-0.39, 0.29) is 5.60 Å². The Bertz CT molecular complexity index is 451. The number of rotatable bonds is 5. The summed E-state index contributed by atoms with van der Waals surface area (Å²) in [7, 11) is 2.17. The van der Waals surface area contributed by atoms with Crippen LogP contribution in [0.5, 0.6) is 0 Å². The molecule has 0 unspecified atom stereocenters. The maximum absolute atomic E-state index is 5.79. The predicted molar refractivity (Wildman–Crippen MR) is 77.6 cm³/mol. The van der Waals surface area contributed by atoms with Crippen molar-refractivity contribution in [2.24, 2.45) is 5.92 Å². The molecule has 2 aliphatic rings. The van der Waals surface area contributed by atoms with Gasteiger partial charge in [0.15, 0.2) is 0 Å². The van der Waals surface area contributed by atoms with E-state index in [1.54, 1.807) is 0 Å². The molecule has 0 spiro atoms. The Balaban J connectivity index is 1.49. The summed E-state index contributed by atoms with van der Waals surface area (Å²) in [6, 6.07) is 2.14. The second kappa shape index (κ2) is 5.49. The van der Waals surface area contributed by atoms with Crippen LogP contribution in [0.4, 0.5) is 0 Å². The topological polar surface area (TPSA) is 38.5 Å². The molecule has 0 bridgehead atoms. The molecule has 1 aliphatic heterocycles. The van der Waals surface area contributed by atoms with E-state index < -0.39 is 0 Å². The molecule has 4 heteroatoms. The minimum atomic E-state index is 0.0385. The molecule has 0 aromatic carbocycles. The lowest BCUT2D eigenvalue weighted by Crippen LogP contribution is -2.38. The van der Waals surface area contributed by atoms with Crippen LogP contribution in [-0.4, -0.2) is 35.9 Å². The summed E-state index contributed by atoms with van der Waals surface area (Å²) in [5, 5.41) is 4.20. The summed E-state index contributed by atoms with van der Waals surface area (Å²) in [5.41, 5.74) is 1.11. The van der Waals surface area contributed by atoms with Gasteiger partial charge in [0.05, 0.1) is 11.3 Å². The monoisotopic (exact) mass is 278 g/mol. The quantitative estimate of drug-likeness (QED) is 0.829. The normalized spacial score (nSPS) is 26.1. The van der Waals surface area contributed by atoms with Gasteiger partial charge in [-0.1, -0.05) is 5.16 Å². The van der Waals surface area contributed by atoms with Crippen molar-refractivity contribution in [2.75, 3.05) is 20.2 Å². The minimum absolute atomic E-state index is 0.0385. The molecule has 1 saturated heterocycles. The van der Waals surface area contributed by atoms with E-state index in [2.05, 4.69) is 37.0 Å². The highest BCUT2D eigenvalue weighted by Gasteiger charge is 2.30. The summed E-state index contributed by atoms with van der Waals surface area (Å²) in [4.78, 5) is 2.36. The first-order chi connectivity index (χ1) is 9.52. The van der Waals surface area contributed by atoms with Crippen LogP contribution >= 0.6 is 0 Å². The van der Waals surface area contributed by atoms with Crippen LogP contribution in [0.3, 0.4) is 0 Å². The fourth-order valence-electron chi connectivity index (χ4n) is 3.26. The Morgan fingerprint density at radius 3 is 2.85 bits per heavy atom. The van der Waals surface area contributed by atoms with Crippen LogP contribution in [0.25, 0.3) is 0 Å². The van der Waals surface area contributed by atoms with E-state index in [0.29, 0.717) is 5.92 Å². The maximum Gasteiger partial charge on any atom is 0.140 e. The highest BCUT2D eigenvalue weighted by Crippen LogP contribution is 2.40. The molecule has 2 heterocycles. The molecule has 4 nitrogen and oxygen atoms in total. The van der Waals surface area contributed by atoms with E-state index >= 15 is 0 Å². The number of nitrogens with zero attached hydrogens (tertiary/aromatic N) is 2. The van der Waals surface area contributed by atoms with Gasteiger partial charge in [-0.3, -0.25) is 0 Å². The largest absolute Gasteiger partial charge is 0.376 e. The van der Waals surface area contributed by atoms with Crippen LogP contribution in [-0.2, 0) is 11.3 Å². The van der Waals surface area contributed by atoms with E-state index in [1.165, 1.54) is 19.3 Å². The van der Waals surface area contributed by atoms with E-state index in [9.17, 15) is 0 Å². The predicted octanol–water partition coefficient (Wildman–Crippen LogP) is 3.19. The summed E-state index contributed by atoms with van der Waals surface area (Å²) in [5.74, 6) is 2.46. The van der Waals surface area contributed by atoms with Crippen LogP contribution in [0.15, 0.2) is 10.6 Å². The first-order valence-electron chi connectivity index (χ1n) is 7.80. The summed E-state index contributed by atoms with van der Waals surface area (Å²) in [6.45, 7) is 7.27. The van der Waals surface area contributed by atoms with Gasteiger partial charge in [0.1, 0.15) is 5.76 Å². The lowest BCUT2D eigenvalue weighted by atomic mass is 9.88. The van der Waals surface area contributed by atoms with Crippen LogP contribution in [0.1, 0.15) is 56.9 Å². The molecule has 1 aliphatic carbocycles. The van der Waals surface area contributed by atoms with Crippen molar-refractivity contribution in [3.63, 3.8) is 0 Å². The molecule has 112 valence electrons. The van der Waals surface area contributed by atoms with E-state index in [4.69, 9.17) is 9.26 Å².